The Morgan fingerprint density at radius 3 is 1.46 bits per heavy atom. The highest BCUT2D eigenvalue weighted by atomic mass is 32.2. The van der Waals surface area contributed by atoms with Gasteiger partial charge in [-0.15, -0.1) is 0 Å². The van der Waals surface area contributed by atoms with Crippen molar-refractivity contribution in [2.45, 2.75) is 62.9 Å². The van der Waals surface area contributed by atoms with Crippen LogP contribution in [-0.4, -0.2) is 69.2 Å². The lowest BCUT2D eigenvalue weighted by Gasteiger charge is -2.31. The molecule has 242 valence electrons. The molecule has 46 heavy (non-hydrogen) atoms. The first-order chi connectivity index (χ1) is 22.4. The largest absolute Gasteiger partial charge is 0.375 e. The molecule has 0 radical (unpaired) electrons. The van der Waals surface area contributed by atoms with Gasteiger partial charge in [0.25, 0.3) is 10.1 Å². The van der Waals surface area contributed by atoms with Gasteiger partial charge in [-0.25, -0.2) is 0 Å². The Hall–Kier alpha value is -3.41. The average Bonchev–Trinajstić information content (AvgIpc) is 3.55. The van der Waals surface area contributed by atoms with Gasteiger partial charge in [0.1, 0.15) is 24.4 Å². The molecule has 0 spiro atoms. The lowest BCUT2D eigenvalue weighted by molar-refractivity contribution is -0.111. The van der Waals surface area contributed by atoms with E-state index in [4.69, 9.17) is 23.1 Å². The Morgan fingerprint density at radius 2 is 1.00 bits per heavy atom. The molecule has 6 atom stereocenters. The molecule has 0 N–H and O–H groups in total. The van der Waals surface area contributed by atoms with Crippen LogP contribution in [0.4, 0.5) is 0 Å². The van der Waals surface area contributed by atoms with E-state index in [0.717, 1.165) is 28.5 Å². The van der Waals surface area contributed by atoms with Crippen molar-refractivity contribution in [2.75, 3.05) is 19.4 Å². The standard InChI is InChI=1S/C37H41NO7S/c1-46(39,40)45-33-22-38-32(27-41-23-28-14-6-2-7-15-28)35(42-24-29-16-8-3-9-17-29)37(44-26-31-20-12-5-13-21-31)34(38)36(33)43-25-30-18-10-4-11-19-30/h2-21,32-37H,22-27H2,1H3/t32-,33+,34-,35-,36-,37-/m1/s1. The SMILES string of the molecule is CS(=O)(=O)O[C@H]1CN2[C@@H]([C@@H](OCc3ccccc3)[C@H](OCc3ccccc3)[C@H]2COCc2ccccc2)[C@@H]1OCc1ccccc1. The van der Waals surface area contributed by atoms with E-state index in [1.54, 1.807) is 0 Å². The van der Waals surface area contributed by atoms with Crippen LogP contribution < -0.4 is 0 Å². The predicted octanol–water partition coefficient (Wildman–Crippen LogP) is 5.37. The number of nitrogens with zero attached hydrogens (tertiary/aromatic N) is 1. The van der Waals surface area contributed by atoms with Gasteiger partial charge < -0.3 is 18.9 Å². The van der Waals surface area contributed by atoms with Crippen LogP contribution in [-0.2, 0) is 59.7 Å². The van der Waals surface area contributed by atoms with Crippen molar-refractivity contribution in [1.29, 1.82) is 0 Å². The van der Waals surface area contributed by atoms with E-state index < -0.39 is 28.4 Å². The Morgan fingerprint density at radius 1 is 0.587 bits per heavy atom. The highest BCUT2D eigenvalue weighted by Crippen LogP contribution is 2.41. The van der Waals surface area contributed by atoms with Gasteiger partial charge in [0.15, 0.2) is 0 Å². The molecule has 0 aliphatic carbocycles. The van der Waals surface area contributed by atoms with Gasteiger partial charge >= 0.3 is 0 Å². The van der Waals surface area contributed by atoms with Crippen LogP contribution in [0.25, 0.3) is 0 Å². The van der Waals surface area contributed by atoms with E-state index in [0.29, 0.717) is 39.6 Å². The molecule has 4 aromatic rings. The zero-order valence-electron chi connectivity index (χ0n) is 26.0. The lowest BCUT2D eigenvalue weighted by atomic mass is 10.0. The minimum Gasteiger partial charge on any atom is -0.375 e. The second-order valence-corrected chi connectivity index (χ2v) is 13.5. The van der Waals surface area contributed by atoms with Crippen LogP contribution in [0.2, 0.25) is 0 Å². The number of hydrogen-bond acceptors (Lipinski definition) is 8. The molecule has 4 aromatic carbocycles. The minimum absolute atomic E-state index is 0.241. The fourth-order valence-corrected chi connectivity index (χ4v) is 7.07. The van der Waals surface area contributed by atoms with Crippen molar-refractivity contribution < 1.29 is 31.5 Å². The van der Waals surface area contributed by atoms with Crippen molar-refractivity contribution in [2.24, 2.45) is 0 Å². The van der Waals surface area contributed by atoms with Crippen molar-refractivity contribution in [1.82, 2.24) is 4.90 Å². The second kappa shape index (κ2) is 15.5. The molecule has 9 heteroatoms. The summed E-state index contributed by atoms with van der Waals surface area (Å²) >= 11 is 0. The summed E-state index contributed by atoms with van der Waals surface area (Å²) in [7, 11) is -3.77. The Balaban J connectivity index is 1.31. The number of benzene rings is 4. The summed E-state index contributed by atoms with van der Waals surface area (Å²) in [4.78, 5) is 2.22. The molecule has 0 bridgehead atoms. The minimum atomic E-state index is -3.77. The third-order valence-corrected chi connectivity index (χ3v) is 9.09. The third kappa shape index (κ3) is 8.49. The summed E-state index contributed by atoms with van der Waals surface area (Å²) in [5.41, 5.74) is 4.14. The molecular weight excluding hydrogens is 602 g/mol. The third-order valence-electron chi connectivity index (χ3n) is 8.50. The van der Waals surface area contributed by atoms with E-state index in [1.807, 2.05) is 121 Å². The first-order valence-corrected chi connectivity index (χ1v) is 17.5. The molecule has 0 aromatic heterocycles. The van der Waals surface area contributed by atoms with Crippen LogP contribution in [0.1, 0.15) is 22.3 Å². The van der Waals surface area contributed by atoms with Gasteiger partial charge in [0.2, 0.25) is 0 Å². The van der Waals surface area contributed by atoms with Crippen LogP contribution in [0.5, 0.6) is 0 Å². The Labute approximate surface area is 271 Å². The first kappa shape index (κ1) is 32.5. The lowest BCUT2D eigenvalue weighted by Crippen LogP contribution is -2.46. The molecule has 2 heterocycles. The van der Waals surface area contributed by atoms with Crippen molar-refractivity contribution in [3.05, 3.63) is 144 Å². The maximum absolute atomic E-state index is 12.5. The van der Waals surface area contributed by atoms with E-state index in [9.17, 15) is 8.42 Å². The molecule has 6 rings (SSSR count). The molecule has 2 aliphatic rings. The normalized spacial score (nSPS) is 24.6. The van der Waals surface area contributed by atoms with Gasteiger partial charge in [-0.1, -0.05) is 121 Å². The predicted molar refractivity (Wildman–Crippen MR) is 175 cm³/mol. The summed E-state index contributed by atoms with van der Waals surface area (Å²) in [6.07, 6.45) is -1.08. The molecule has 2 fully saturated rings. The zero-order chi connectivity index (χ0) is 31.8. The van der Waals surface area contributed by atoms with Crippen LogP contribution in [0.15, 0.2) is 121 Å². The molecule has 0 saturated carbocycles. The van der Waals surface area contributed by atoms with Gasteiger partial charge in [-0.3, -0.25) is 9.08 Å². The monoisotopic (exact) mass is 643 g/mol. The summed E-state index contributed by atoms with van der Waals surface area (Å²) in [6, 6.07) is 39.4. The second-order valence-electron chi connectivity index (χ2n) is 11.9. The Kier molecular flexibility index (Phi) is 10.9. The summed E-state index contributed by atoms with van der Waals surface area (Å²) in [5, 5.41) is 0. The average molecular weight is 644 g/mol. The highest BCUT2D eigenvalue weighted by molar-refractivity contribution is 7.86. The number of ether oxygens (including phenoxy) is 4. The van der Waals surface area contributed by atoms with E-state index in [-0.39, 0.29) is 18.2 Å². The zero-order valence-corrected chi connectivity index (χ0v) is 26.8. The van der Waals surface area contributed by atoms with Crippen molar-refractivity contribution in [3.8, 4) is 0 Å². The highest BCUT2D eigenvalue weighted by Gasteiger charge is 2.60. The van der Waals surface area contributed by atoms with E-state index in [1.165, 1.54) is 0 Å². The maximum Gasteiger partial charge on any atom is 0.264 e. The fraction of sp³-hybridized carbons (Fsp3) is 0.351. The van der Waals surface area contributed by atoms with Crippen LogP contribution in [0, 0.1) is 0 Å². The van der Waals surface area contributed by atoms with Crippen molar-refractivity contribution >= 4 is 10.1 Å². The Bertz CT molecular complexity index is 1590. The molecular formula is C37H41NO7S. The molecule has 0 unspecified atom stereocenters. The number of fused-ring (bicyclic) bond motifs is 1. The van der Waals surface area contributed by atoms with Gasteiger partial charge in [-0.05, 0) is 22.3 Å². The van der Waals surface area contributed by atoms with Crippen LogP contribution in [0.3, 0.4) is 0 Å². The van der Waals surface area contributed by atoms with Crippen LogP contribution >= 0.6 is 0 Å². The number of rotatable bonds is 15. The summed E-state index contributed by atoms with van der Waals surface area (Å²) in [6.45, 7) is 2.18. The summed E-state index contributed by atoms with van der Waals surface area (Å²) < 4.78 is 57.0. The smallest absolute Gasteiger partial charge is 0.264 e. The molecule has 8 nitrogen and oxygen atoms in total. The van der Waals surface area contributed by atoms with Gasteiger partial charge in [-0.2, -0.15) is 8.42 Å². The summed E-state index contributed by atoms with van der Waals surface area (Å²) in [5.74, 6) is 0. The fourth-order valence-electron chi connectivity index (χ4n) is 6.45. The van der Waals surface area contributed by atoms with Gasteiger partial charge in [0.05, 0.1) is 51.4 Å². The first-order valence-electron chi connectivity index (χ1n) is 15.7. The van der Waals surface area contributed by atoms with E-state index >= 15 is 0 Å². The number of hydrogen-bond donors (Lipinski definition) is 0. The quantitative estimate of drug-likeness (QED) is 0.160. The molecule has 2 saturated heterocycles. The van der Waals surface area contributed by atoms with Gasteiger partial charge in [0, 0.05) is 6.54 Å². The topological polar surface area (TPSA) is 83.5 Å². The van der Waals surface area contributed by atoms with Crippen molar-refractivity contribution in [3.63, 3.8) is 0 Å². The maximum atomic E-state index is 12.5. The molecule has 0 amide bonds. The molecule has 2 aliphatic heterocycles. The van der Waals surface area contributed by atoms with E-state index in [2.05, 4.69) is 4.90 Å².